The second-order valence-electron chi connectivity index (χ2n) is 6.95. The van der Waals surface area contributed by atoms with Gasteiger partial charge in [0, 0.05) is 18.7 Å². The normalized spacial score (nSPS) is 29.5. The molecule has 2 fully saturated rings. The van der Waals surface area contributed by atoms with E-state index in [-0.39, 0.29) is 12.1 Å². The molecule has 1 aromatic carbocycles. The van der Waals surface area contributed by atoms with E-state index < -0.39 is 10.0 Å². The quantitative estimate of drug-likeness (QED) is 0.930. The Kier molecular flexibility index (Phi) is 4.08. The molecule has 0 atom stereocenters. The van der Waals surface area contributed by atoms with E-state index in [2.05, 4.69) is 0 Å². The second-order valence-corrected chi connectivity index (χ2v) is 8.78. The molecule has 0 aromatic heterocycles. The second kappa shape index (κ2) is 5.62. The Labute approximate surface area is 133 Å². The third kappa shape index (κ3) is 2.49. The standard InChI is InChI=1S/C17H25NO3S/c1-13-3-4-16(14(2)11-13)22(20,21)18-10-9-17(18)7-5-15(12-19)6-8-17/h3-4,11,15,19H,5-10,12H2,1-2H3. The first-order valence-corrected chi connectivity index (χ1v) is 9.54. The van der Waals surface area contributed by atoms with Crippen LogP contribution in [0.25, 0.3) is 0 Å². The van der Waals surface area contributed by atoms with E-state index >= 15 is 0 Å². The summed E-state index contributed by atoms with van der Waals surface area (Å²) in [6.45, 7) is 4.69. The molecule has 2 aliphatic rings. The number of hydrogen-bond donors (Lipinski definition) is 1. The van der Waals surface area contributed by atoms with Crippen LogP contribution < -0.4 is 0 Å². The largest absolute Gasteiger partial charge is 0.396 e. The van der Waals surface area contributed by atoms with Gasteiger partial charge in [-0.2, -0.15) is 4.31 Å². The van der Waals surface area contributed by atoms with E-state index in [9.17, 15) is 13.5 Å². The molecule has 0 unspecified atom stereocenters. The molecule has 1 N–H and O–H groups in total. The Hall–Kier alpha value is -0.910. The highest BCUT2D eigenvalue weighted by atomic mass is 32.2. The Balaban J connectivity index is 1.87. The number of sulfonamides is 1. The molecule has 5 heteroatoms. The van der Waals surface area contributed by atoms with Crippen molar-refractivity contribution in [1.29, 1.82) is 0 Å². The van der Waals surface area contributed by atoms with Gasteiger partial charge >= 0.3 is 0 Å². The fraction of sp³-hybridized carbons (Fsp3) is 0.647. The Morgan fingerprint density at radius 2 is 1.91 bits per heavy atom. The number of hydrogen-bond acceptors (Lipinski definition) is 3. The first-order valence-electron chi connectivity index (χ1n) is 8.10. The summed E-state index contributed by atoms with van der Waals surface area (Å²) in [5.41, 5.74) is 1.71. The SMILES string of the molecule is Cc1ccc(S(=O)(=O)N2CCC23CCC(CO)CC3)c(C)c1. The predicted molar refractivity (Wildman–Crippen MR) is 86.2 cm³/mol. The molecule has 0 radical (unpaired) electrons. The van der Waals surface area contributed by atoms with Gasteiger partial charge in [-0.1, -0.05) is 17.7 Å². The molecule has 1 aliphatic heterocycles. The number of aryl methyl sites for hydroxylation is 2. The molecule has 122 valence electrons. The van der Waals surface area contributed by atoms with Crippen molar-refractivity contribution in [3.8, 4) is 0 Å². The molecule has 0 bridgehead atoms. The highest BCUT2D eigenvalue weighted by molar-refractivity contribution is 7.89. The maximum absolute atomic E-state index is 13.0. The van der Waals surface area contributed by atoms with Crippen LogP contribution in [0.4, 0.5) is 0 Å². The molecular formula is C17H25NO3S. The van der Waals surface area contributed by atoms with E-state index in [1.54, 1.807) is 10.4 Å². The van der Waals surface area contributed by atoms with Crippen molar-refractivity contribution in [1.82, 2.24) is 4.31 Å². The van der Waals surface area contributed by atoms with Crippen LogP contribution in [0.15, 0.2) is 23.1 Å². The number of rotatable bonds is 3. The summed E-state index contributed by atoms with van der Waals surface area (Å²) in [7, 11) is -3.41. The van der Waals surface area contributed by atoms with Crippen molar-refractivity contribution < 1.29 is 13.5 Å². The van der Waals surface area contributed by atoms with Crippen LogP contribution in [-0.2, 0) is 10.0 Å². The highest BCUT2D eigenvalue weighted by Gasteiger charge is 2.52. The van der Waals surface area contributed by atoms with Crippen LogP contribution in [0.5, 0.6) is 0 Å². The molecule has 1 saturated heterocycles. The minimum Gasteiger partial charge on any atom is -0.396 e. The summed E-state index contributed by atoms with van der Waals surface area (Å²) in [6, 6.07) is 5.54. The van der Waals surface area contributed by atoms with Gasteiger partial charge in [-0.3, -0.25) is 0 Å². The van der Waals surface area contributed by atoms with E-state index in [1.165, 1.54) is 0 Å². The number of aliphatic hydroxyl groups is 1. The first-order chi connectivity index (χ1) is 10.4. The van der Waals surface area contributed by atoms with Crippen molar-refractivity contribution in [3.63, 3.8) is 0 Å². The number of aliphatic hydroxyl groups excluding tert-OH is 1. The van der Waals surface area contributed by atoms with Gasteiger partial charge in [0.25, 0.3) is 0 Å². The maximum Gasteiger partial charge on any atom is 0.243 e. The van der Waals surface area contributed by atoms with E-state index in [1.807, 2.05) is 26.0 Å². The molecule has 1 aliphatic carbocycles. The summed E-state index contributed by atoms with van der Waals surface area (Å²) in [5, 5.41) is 9.29. The average molecular weight is 323 g/mol. The summed E-state index contributed by atoms with van der Waals surface area (Å²) >= 11 is 0. The predicted octanol–water partition coefficient (Wildman–Crippen LogP) is 2.62. The molecule has 4 nitrogen and oxygen atoms in total. The van der Waals surface area contributed by atoms with E-state index in [0.717, 1.165) is 43.2 Å². The third-order valence-electron chi connectivity index (χ3n) is 5.50. The summed E-state index contributed by atoms with van der Waals surface area (Å²) in [4.78, 5) is 0.446. The zero-order chi connectivity index (χ0) is 16.0. The van der Waals surface area contributed by atoms with Crippen molar-refractivity contribution >= 4 is 10.0 Å². The number of nitrogens with zero attached hydrogens (tertiary/aromatic N) is 1. The van der Waals surface area contributed by atoms with Crippen molar-refractivity contribution in [3.05, 3.63) is 29.3 Å². The minimum atomic E-state index is -3.41. The molecule has 1 aromatic rings. The summed E-state index contributed by atoms with van der Waals surface area (Å²) in [6.07, 6.45) is 4.56. The van der Waals surface area contributed by atoms with E-state index in [0.29, 0.717) is 17.4 Å². The van der Waals surface area contributed by atoms with Gasteiger partial charge in [0.1, 0.15) is 0 Å². The average Bonchev–Trinajstić information content (AvgIpc) is 2.45. The fourth-order valence-electron chi connectivity index (χ4n) is 4.00. The van der Waals surface area contributed by atoms with Gasteiger partial charge in [-0.05, 0) is 63.5 Å². The lowest BCUT2D eigenvalue weighted by atomic mass is 9.71. The summed E-state index contributed by atoms with van der Waals surface area (Å²) < 4.78 is 27.8. The molecule has 1 saturated carbocycles. The van der Waals surface area contributed by atoms with Crippen LogP contribution in [0.2, 0.25) is 0 Å². The van der Waals surface area contributed by atoms with Crippen LogP contribution in [0.3, 0.4) is 0 Å². The van der Waals surface area contributed by atoms with Crippen LogP contribution in [0.1, 0.15) is 43.2 Å². The lowest BCUT2D eigenvalue weighted by molar-refractivity contribution is 0.00960. The Morgan fingerprint density at radius 3 is 2.41 bits per heavy atom. The van der Waals surface area contributed by atoms with E-state index in [4.69, 9.17) is 0 Å². The Morgan fingerprint density at radius 1 is 1.23 bits per heavy atom. The summed E-state index contributed by atoms with van der Waals surface area (Å²) in [5.74, 6) is 0.344. The topological polar surface area (TPSA) is 57.6 Å². The molecule has 22 heavy (non-hydrogen) atoms. The van der Waals surface area contributed by atoms with Crippen molar-refractivity contribution in [2.24, 2.45) is 5.92 Å². The highest BCUT2D eigenvalue weighted by Crippen LogP contribution is 2.47. The molecule has 0 amide bonds. The molecule has 1 spiro atoms. The van der Waals surface area contributed by atoms with Gasteiger partial charge < -0.3 is 5.11 Å². The van der Waals surface area contributed by atoms with Gasteiger partial charge in [-0.25, -0.2) is 8.42 Å². The zero-order valence-corrected chi connectivity index (χ0v) is 14.2. The number of benzene rings is 1. The third-order valence-corrected chi connectivity index (χ3v) is 7.67. The van der Waals surface area contributed by atoms with Gasteiger partial charge in [-0.15, -0.1) is 0 Å². The molecule has 3 rings (SSSR count). The van der Waals surface area contributed by atoms with Gasteiger partial charge in [0.15, 0.2) is 0 Å². The van der Waals surface area contributed by atoms with Gasteiger partial charge in [0.2, 0.25) is 10.0 Å². The van der Waals surface area contributed by atoms with Crippen molar-refractivity contribution in [2.75, 3.05) is 13.2 Å². The van der Waals surface area contributed by atoms with Crippen LogP contribution in [0, 0.1) is 19.8 Å². The zero-order valence-electron chi connectivity index (χ0n) is 13.4. The van der Waals surface area contributed by atoms with Crippen LogP contribution >= 0.6 is 0 Å². The monoisotopic (exact) mass is 323 g/mol. The molecule has 1 heterocycles. The maximum atomic E-state index is 13.0. The molecular weight excluding hydrogens is 298 g/mol. The fourth-order valence-corrected chi connectivity index (χ4v) is 6.06. The van der Waals surface area contributed by atoms with Gasteiger partial charge in [0.05, 0.1) is 4.90 Å². The lowest BCUT2D eigenvalue weighted by Gasteiger charge is -2.54. The van der Waals surface area contributed by atoms with Crippen LogP contribution in [-0.4, -0.2) is 36.5 Å². The minimum absolute atomic E-state index is 0.193. The Bertz CT molecular complexity index is 660. The smallest absolute Gasteiger partial charge is 0.243 e. The van der Waals surface area contributed by atoms with Crippen molar-refractivity contribution in [2.45, 2.75) is 56.4 Å². The first kappa shape index (κ1) is 16.0. The lowest BCUT2D eigenvalue weighted by Crippen LogP contribution is -2.63.